The van der Waals surface area contributed by atoms with E-state index in [-0.39, 0.29) is 33.2 Å². The molecule has 0 saturated heterocycles. The van der Waals surface area contributed by atoms with Gasteiger partial charge in [0.15, 0.2) is 0 Å². The summed E-state index contributed by atoms with van der Waals surface area (Å²) in [5, 5.41) is 0. The van der Waals surface area contributed by atoms with E-state index in [9.17, 15) is 9.59 Å². The predicted octanol–water partition coefficient (Wildman–Crippen LogP) is 6.55. The number of carbonyl (C=O) groups excluding carboxylic acids is 2. The Morgan fingerprint density at radius 2 is 1.21 bits per heavy atom. The number of hydrogen-bond acceptors (Lipinski definition) is 4. The first-order valence-corrected chi connectivity index (χ1v) is 15.9. The van der Waals surface area contributed by atoms with E-state index in [0.29, 0.717) is 12.8 Å². The SMILES string of the molecule is C[CH]=[Ti]([O]C(=O)CCC)([O]C(=O)CCC)([CH]1C=Cc2ccccc21)[CH]1C=Cc2ccccc21. The summed E-state index contributed by atoms with van der Waals surface area (Å²) in [5.41, 5.74) is 4.26. The van der Waals surface area contributed by atoms with Gasteiger partial charge in [0, 0.05) is 0 Å². The van der Waals surface area contributed by atoms with Crippen molar-refractivity contribution in [1.82, 2.24) is 0 Å². The van der Waals surface area contributed by atoms with Crippen molar-refractivity contribution >= 4 is 28.4 Å². The van der Waals surface area contributed by atoms with Crippen molar-refractivity contribution in [3.8, 4) is 0 Å². The minimum absolute atomic E-state index is 0.286. The van der Waals surface area contributed by atoms with Crippen LogP contribution in [-0.2, 0) is 31.8 Å². The summed E-state index contributed by atoms with van der Waals surface area (Å²) in [4.78, 5) is 26.5. The third kappa shape index (κ3) is 3.90. The number of allylic oxidation sites excluding steroid dienone is 2. The molecule has 2 aromatic carbocycles. The van der Waals surface area contributed by atoms with Crippen LogP contribution in [0, 0.1) is 0 Å². The number of carbonyl (C=O) groups is 2. The summed E-state index contributed by atoms with van der Waals surface area (Å²) in [6, 6.07) is 16.2. The van der Waals surface area contributed by atoms with E-state index in [0.717, 1.165) is 22.3 Å². The second kappa shape index (κ2) is 9.36. The fourth-order valence-electron chi connectivity index (χ4n) is 5.43. The fourth-order valence-corrected chi connectivity index (χ4v) is 14.4. The molecule has 0 fully saturated rings. The Labute approximate surface area is 197 Å². The molecule has 33 heavy (non-hydrogen) atoms. The van der Waals surface area contributed by atoms with E-state index in [1.54, 1.807) is 0 Å². The molecule has 0 amide bonds. The van der Waals surface area contributed by atoms with Gasteiger partial charge in [-0.3, -0.25) is 0 Å². The number of benzene rings is 2. The molecule has 2 aliphatic rings. The quantitative estimate of drug-likeness (QED) is 0.402. The molecule has 0 bridgehead atoms. The van der Waals surface area contributed by atoms with Crippen molar-refractivity contribution in [3.63, 3.8) is 0 Å². The zero-order valence-corrected chi connectivity index (χ0v) is 21.2. The molecule has 0 N–H and O–H groups in total. The average Bonchev–Trinajstić information content (AvgIpc) is 3.45. The third-order valence-electron chi connectivity index (χ3n) is 6.97. The summed E-state index contributed by atoms with van der Waals surface area (Å²) >= 11 is -5.16. The minimum atomic E-state index is -5.16. The van der Waals surface area contributed by atoms with Crippen LogP contribution in [0.2, 0.25) is 0 Å². The van der Waals surface area contributed by atoms with Gasteiger partial charge in [0.05, 0.1) is 0 Å². The molecule has 2 unspecified atom stereocenters. The molecule has 4 nitrogen and oxygen atoms in total. The molecule has 0 saturated carbocycles. The zero-order valence-electron chi connectivity index (χ0n) is 19.6. The Hall–Kier alpha value is -2.56. The van der Waals surface area contributed by atoms with Crippen molar-refractivity contribution in [3.05, 3.63) is 82.9 Å². The summed E-state index contributed by atoms with van der Waals surface area (Å²) in [5.74, 6) is -0.597. The number of hydrogen-bond donors (Lipinski definition) is 0. The Morgan fingerprint density at radius 1 is 0.788 bits per heavy atom. The van der Waals surface area contributed by atoms with Crippen LogP contribution < -0.4 is 0 Å². The molecule has 0 radical (unpaired) electrons. The predicted molar refractivity (Wildman–Crippen MR) is 130 cm³/mol. The van der Waals surface area contributed by atoms with Crippen LogP contribution in [0.3, 0.4) is 0 Å². The van der Waals surface area contributed by atoms with Gasteiger partial charge >= 0.3 is 198 Å². The zero-order chi connectivity index (χ0) is 23.5. The molecule has 2 aliphatic carbocycles. The molecule has 5 heteroatoms. The van der Waals surface area contributed by atoms with Crippen molar-refractivity contribution in [1.29, 1.82) is 0 Å². The van der Waals surface area contributed by atoms with Crippen molar-refractivity contribution in [2.24, 2.45) is 0 Å². The van der Waals surface area contributed by atoms with Crippen LogP contribution >= 0.6 is 0 Å². The van der Waals surface area contributed by atoms with E-state index in [1.807, 2.05) is 49.4 Å². The van der Waals surface area contributed by atoms with Crippen molar-refractivity contribution < 1.29 is 31.8 Å². The maximum atomic E-state index is 13.3. The van der Waals surface area contributed by atoms with E-state index < -0.39 is 15.6 Å². The Bertz CT molecular complexity index is 1110. The molecule has 4 rings (SSSR count). The van der Waals surface area contributed by atoms with Gasteiger partial charge in [-0.25, -0.2) is 0 Å². The Kier molecular flexibility index (Phi) is 6.69. The van der Waals surface area contributed by atoms with Crippen molar-refractivity contribution in [2.45, 2.75) is 54.9 Å². The summed E-state index contributed by atoms with van der Waals surface area (Å²) in [6.45, 7) is 5.83. The first-order chi connectivity index (χ1) is 16.0. The van der Waals surface area contributed by atoms with Gasteiger partial charge in [0.25, 0.3) is 0 Å². The van der Waals surface area contributed by atoms with Crippen LogP contribution in [0.15, 0.2) is 60.7 Å². The van der Waals surface area contributed by atoms with Gasteiger partial charge in [-0.15, -0.1) is 0 Å². The molecule has 0 aromatic heterocycles. The molecule has 0 spiro atoms. The van der Waals surface area contributed by atoms with Crippen LogP contribution in [0.4, 0.5) is 0 Å². The monoisotopic (exact) mass is 480 g/mol. The second-order valence-corrected chi connectivity index (χ2v) is 16.5. The Balaban J connectivity index is 2.03. The topological polar surface area (TPSA) is 52.6 Å². The summed E-state index contributed by atoms with van der Waals surface area (Å²) < 4.78 is 14.7. The second-order valence-electron chi connectivity index (χ2n) is 8.96. The van der Waals surface area contributed by atoms with E-state index in [2.05, 4.69) is 48.6 Å². The molecule has 172 valence electrons. The van der Waals surface area contributed by atoms with E-state index >= 15 is 0 Å². The molecular weight excluding hydrogens is 448 g/mol. The molecular formula is C28H32O4Ti. The van der Waals surface area contributed by atoms with E-state index in [4.69, 9.17) is 6.64 Å². The standard InChI is InChI=1S/2C9H7.2C4H8O2.C2H4.Ti/c2*1-2-5-9-7-3-6-8(9)4-1;2*1-2-3-4(5)6;1-2;/h2*1-7H;2*2-3H2,1H3,(H,5,6);1H,2H3;/q;;;;;+2/p-2. The Morgan fingerprint density at radius 3 is 1.61 bits per heavy atom. The maximum absolute atomic E-state index is 13.3. The van der Waals surface area contributed by atoms with Gasteiger partial charge in [0.2, 0.25) is 0 Å². The first kappa shape index (κ1) is 23.6. The van der Waals surface area contributed by atoms with Gasteiger partial charge in [-0.2, -0.15) is 0 Å². The van der Waals surface area contributed by atoms with E-state index in [1.165, 1.54) is 0 Å². The van der Waals surface area contributed by atoms with Crippen LogP contribution in [0.25, 0.3) is 12.2 Å². The molecule has 0 aliphatic heterocycles. The molecule has 2 aromatic rings. The van der Waals surface area contributed by atoms with Gasteiger partial charge in [-0.1, -0.05) is 0 Å². The number of fused-ring (bicyclic) bond motifs is 2. The van der Waals surface area contributed by atoms with Crippen LogP contribution in [0.5, 0.6) is 0 Å². The van der Waals surface area contributed by atoms with Crippen LogP contribution in [-0.4, -0.2) is 16.3 Å². The van der Waals surface area contributed by atoms with Crippen LogP contribution in [0.1, 0.15) is 77.2 Å². The summed E-state index contributed by atoms with van der Waals surface area (Å²) in [6.07, 6.45) is 10.2. The normalized spacial score (nSPS) is 18.5. The fraction of sp³-hybridized carbons (Fsp3) is 0.321. The average molecular weight is 480 g/mol. The third-order valence-corrected chi connectivity index (χ3v) is 16.2. The van der Waals surface area contributed by atoms with Crippen molar-refractivity contribution in [2.75, 3.05) is 0 Å². The number of rotatable bonds is 8. The van der Waals surface area contributed by atoms with Gasteiger partial charge < -0.3 is 0 Å². The summed E-state index contributed by atoms with van der Waals surface area (Å²) in [7, 11) is 0. The van der Waals surface area contributed by atoms with Gasteiger partial charge in [0.1, 0.15) is 0 Å². The first-order valence-electron chi connectivity index (χ1n) is 11.9. The molecule has 0 heterocycles. The van der Waals surface area contributed by atoms with Gasteiger partial charge in [-0.05, 0) is 0 Å². The molecule has 2 atom stereocenters.